The molecule has 0 amide bonds. The molecule has 0 spiro atoms. The molecule has 21 heavy (non-hydrogen) atoms. The molecular weight excluding hydrogens is 306 g/mol. The predicted octanol–water partition coefficient (Wildman–Crippen LogP) is 4.61. The summed E-state index contributed by atoms with van der Waals surface area (Å²) in [6.07, 6.45) is 7.30. The third kappa shape index (κ3) is 3.57. The molecule has 0 aromatic carbocycles. The zero-order valence-corrected chi connectivity index (χ0v) is 18.4. The van der Waals surface area contributed by atoms with Crippen LogP contribution >= 0.6 is 0 Å². The molecule has 1 saturated heterocycles. The first-order valence-corrected chi connectivity index (χ1v) is 19.6. The third-order valence-electron chi connectivity index (χ3n) is 6.70. The van der Waals surface area contributed by atoms with Crippen LogP contribution in [-0.2, 0) is 4.43 Å². The van der Waals surface area contributed by atoms with E-state index in [-0.39, 0.29) is 5.60 Å². The summed E-state index contributed by atoms with van der Waals surface area (Å²) >= 11 is 0. The van der Waals surface area contributed by atoms with Crippen LogP contribution < -0.4 is 4.98 Å². The van der Waals surface area contributed by atoms with E-state index in [9.17, 15) is 0 Å². The van der Waals surface area contributed by atoms with Crippen molar-refractivity contribution in [2.24, 2.45) is 5.92 Å². The molecule has 1 heterocycles. The zero-order chi connectivity index (χ0) is 15.9. The fraction of sp³-hybridized carbons (Fsp3) is 1.00. The van der Waals surface area contributed by atoms with E-state index in [2.05, 4.69) is 51.6 Å². The molecule has 124 valence electrons. The number of hydrogen-bond donors (Lipinski definition) is 1. The van der Waals surface area contributed by atoms with Crippen LogP contribution in [-0.4, -0.2) is 34.8 Å². The van der Waals surface area contributed by atoms with Gasteiger partial charge in [0.2, 0.25) is 0 Å². The van der Waals surface area contributed by atoms with Gasteiger partial charge in [-0.3, -0.25) is 0 Å². The Hall–Kier alpha value is 0.571. The highest BCUT2D eigenvalue weighted by Gasteiger charge is 2.62. The molecule has 2 aliphatic rings. The monoisotopic (exact) mass is 343 g/mol. The Bertz CT molecular complexity index is 378. The Balaban J connectivity index is 2.12. The van der Waals surface area contributed by atoms with E-state index in [1.54, 1.807) is 0 Å². The summed E-state index contributed by atoms with van der Waals surface area (Å²) in [4.78, 5) is 4.22. The topological polar surface area (TPSA) is 21.3 Å². The normalized spacial score (nSPS) is 35.6. The minimum atomic E-state index is -1.54. The largest absolute Gasteiger partial charge is 0.416 e. The van der Waals surface area contributed by atoms with Crippen molar-refractivity contribution >= 4 is 22.7 Å². The maximum Gasteiger partial charge on any atom is 0.173 e. The Kier molecular flexibility index (Phi) is 5.03. The summed E-state index contributed by atoms with van der Waals surface area (Å²) in [6.45, 7) is 18.9. The van der Waals surface area contributed by atoms with Gasteiger partial charge in [-0.2, -0.15) is 0 Å². The van der Waals surface area contributed by atoms with Gasteiger partial charge in [0.1, 0.15) is 7.75 Å². The van der Waals surface area contributed by atoms with Crippen LogP contribution in [0, 0.1) is 5.92 Å². The smallest absolute Gasteiger partial charge is 0.173 e. The average Bonchev–Trinajstić information content (AvgIpc) is 2.34. The molecule has 0 radical (unpaired) electrons. The molecule has 0 bridgehead atoms. The van der Waals surface area contributed by atoms with E-state index < -0.39 is 22.7 Å². The van der Waals surface area contributed by atoms with E-state index in [1.165, 1.54) is 44.7 Å². The molecule has 1 unspecified atom stereocenters. The van der Waals surface area contributed by atoms with Crippen molar-refractivity contribution < 1.29 is 4.43 Å². The van der Waals surface area contributed by atoms with Gasteiger partial charge >= 0.3 is 0 Å². The van der Waals surface area contributed by atoms with Crippen LogP contribution in [0.5, 0.6) is 0 Å². The minimum absolute atomic E-state index is 0.0960. The second-order valence-electron chi connectivity index (χ2n) is 9.39. The second-order valence-corrected chi connectivity index (χ2v) is 35.2. The van der Waals surface area contributed by atoms with E-state index in [4.69, 9.17) is 4.43 Å². The van der Waals surface area contributed by atoms with Crippen LogP contribution in [0.4, 0.5) is 0 Å². The highest BCUT2D eigenvalue weighted by molar-refractivity contribution is 7.67. The van der Waals surface area contributed by atoms with Gasteiger partial charge in [-0.15, -0.1) is 0 Å². The number of hydrogen-bond acceptors (Lipinski definition) is 2. The molecule has 0 aromatic heterocycles. The lowest BCUT2D eigenvalue weighted by Gasteiger charge is -2.59. The highest BCUT2D eigenvalue weighted by Crippen LogP contribution is 2.42. The Labute approximate surface area is 135 Å². The molecular formula is C16H37NOSi3. The maximum atomic E-state index is 6.66. The van der Waals surface area contributed by atoms with Gasteiger partial charge in [-0.1, -0.05) is 38.9 Å². The summed E-state index contributed by atoms with van der Waals surface area (Å²) in [5.41, 5.74) is 0.0960. The van der Waals surface area contributed by atoms with Gasteiger partial charge < -0.3 is 9.41 Å². The molecule has 0 aromatic rings. The summed E-state index contributed by atoms with van der Waals surface area (Å²) in [6, 6.07) is 1.31. The molecule has 1 aliphatic carbocycles. The second kappa shape index (κ2) is 5.89. The summed E-state index contributed by atoms with van der Waals surface area (Å²) < 4.78 is 6.66. The van der Waals surface area contributed by atoms with Crippen molar-refractivity contribution in [2.45, 2.75) is 90.3 Å². The van der Waals surface area contributed by atoms with Crippen LogP contribution in [0.15, 0.2) is 0 Å². The number of rotatable bonds is 3. The Morgan fingerprint density at radius 3 is 2.14 bits per heavy atom. The van der Waals surface area contributed by atoms with Gasteiger partial charge in [0.15, 0.2) is 7.83 Å². The van der Waals surface area contributed by atoms with E-state index in [0.29, 0.717) is 0 Å². The molecule has 2 rings (SSSR count). The van der Waals surface area contributed by atoms with Crippen LogP contribution in [0.3, 0.4) is 0 Å². The van der Waals surface area contributed by atoms with E-state index in [1.807, 2.05) is 0 Å². The molecule has 2 fully saturated rings. The lowest BCUT2D eigenvalue weighted by atomic mass is 9.90. The quantitative estimate of drug-likeness (QED) is 0.755. The molecule has 5 heteroatoms. The van der Waals surface area contributed by atoms with Gasteiger partial charge in [-0.25, -0.2) is 0 Å². The first-order chi connectivity index (χ1) is 9.49. The molecule has 1 atom stereocenters. The summed E-state index contributed by atoms with van der Waals surface area (Å²) in [7, 11) is -4.23. The fourth-order valence-corrected chi connectivity index (χ4v) is 35.2. The van der Waals surface area contributed by atoms with Crippen molar-refractivity contribution in [3.05, 3.63) is 0 Å². The standard InChI is InChI=1S/C16H37NOSi3/c1-16(2)14-21(7,20(5,6)19(3,4)18-16)17-13-15-11-9-8-10-12-15/h15,17H,8-14H2,1-7H3. The maximum absolute atomic E-state index is 6.66. The van der Waals surface area contributed by atoms with Crippen molar-refractivity contribution in [3.8, 4) is 0 Å². The molecule has 2 nitrogen and oxygen atoms in total. The molecule has 1 aliphatic heterocycles. The van der Waals surface area contributed by atoms with Crippen molar-refractivity contribution in [1.29, 1.82) is 0 Å². The molecule has 1 N–H and O–H groups in total. The fourth-order valence-electron chi connectivity index (χ4n) is 4.64. The Morgan fingerprint density at radius 2 is 1.57 bits per heavy atom. The van der Waals surface area contributed by atoms with Gasteiger partial charge in [0, 0.05) is 5.60 Å². The van der Waals surface area contributed by atoms with Gasteiger partial charge in [-0.05, 0) is 58.3 Å². The van der Waals surface area contributed by atoms with Crippen molar-refractivity contribution in [3.63, 3.8) is 0 Å². The highest BCUT2D eigenvalue weighted by atomic mass is 29.6. The minimum Gasteiger partial charge on any atom is -0.416 e. The third-order valence-corrected chi connectivity index (χ3v) is 45.1. The number of nitrogens with one attached hydrogen (secondary N) is 1. The van der Waals surface area contributed by atoms with Crippen molar-refractivity contribution in [2.75, 3.05) is 6.54 Å². The lowest BCUT2D eigenvalue weighted by molar-refractivity contribution is 0.121. The molecule has 1 saturated carbocycles. The van der Waals surface area contributed by atoms with Crippen LogP contribution in [0.25, 0.3) is 0 Å². The SMILES string of the molecule is CC1(C)C[Si](C)(NCC2CCCCC2)[Si](C)(C)[Si](C)(C)O1. The average molecular weight is 344 g/mol. The summed E-state index contributed by atoms with van der Waals surface area (Å²) in [5.74, 6) is 0.948. The Morgan fingerprint density at radius 1 is 1.00 bits per heavy atom. The van der Waals surface area contributed by atoms with Crippen LogP contribution in [0.1, 0.15) is 46.0 Å². The van der Waals surface area contributed by atoms with Crippen molar-refractivity contribution in [1.82, 2.24) is 4.98 Å². The van der Waals surface area contributed by atoms with Gasteiger partial charge in [0.05, 0.1) is 7.11 Å². The van der Waals surface area contributed by atoms with E-state index in [0.717, 1.165) is 5.92 Å². The van der Waals surface area contributed by atoms with Crippen LogP contribution in [0.2, 0.25) is 38.8 Å². The zero-order valence-electron chi connectivity index (χ0n) is 15.4. The predicted molar refractivity (Wildman–Crippen MR) is 101 cm³/mol. The first-order valence-electron chi connectivity index (χ1n) is 8.94. The first kappa shape index (κ1) is 17.9. The summed E-state index contributed by atoms with van der Waals surface area (Å²) in [5, 5.41) is 0. The lowest BCUT2D eigenvalue weighted by Crippen LogP contribution is -2.83. The van der Waals surface area contributed by atoms with E-state index >= 15 is 0 Å². The van der Waals surface area contributed by atoms with Gasteiger partial charge in [0.25, 0.3) is 0 Å².